The second kappa shape index (κ2) is 9.06. The Kier molecular flexibility index (Phi) is 6.50. The van der Waals surface area contributed by atoms with Crippen molar-refractivity contribution in [1.82, 2.24) is 4.98 Å². The van der Waals surface area contributed by atoms with Gasteiger partial charge in [-0.25, -0.2) is 8.42 Å². The Morgan fingerprint density at radius 3 is 2.52 bits per heavy atom. The van der Waals surface area contributed by atoms with E-state index in [-0.39, 0.29) is 4.90 Å². The number of benzene rings is 2. The monoisotopic (exact) mass is 475 g/mol. The molecule has 1 heterocycles. The molecular formula is C20H18BrN3O4S. The van der Waals surface area contributed by atoms with Crippen molar-refractivity contribution in [1.29, 1.82) is 0 Å². The Morgan fingerprint density at radius 2 is 1.90 bits per heavy atom. The molecule has 3 aromatic rings. The Bertz CT molecular complexity index is 1090. The summed E-state index contributed by atoms with van der Waals surface area (Å²) in [6, 6.07) is 16.4. The smallest absolute Gasteiger partial charge is 0.266 e. The van der Waals surface area contributed by atoms with Gasteiger partial charge in [0.05, 0.1) is 12.8 Å². The summed E-state index contributed by atoms with van der Waals surface area (Å²) >= 11 is 3.34. The van der Waals surface area contributed by atoms with Gasteiger partial charge in [-0.05, 0) is 54.6 Å². The molecule has 0 unspecified atom stereocenters. The molecule has 2 aromatic carbocycles. The van der Waals surface area contributed by atoms with Gasteiger partial charge in [0.1, 0.15) is 17.2 Å². The Labute approximate surface area is 177 Å². The van der Waals surface area contributed by atoms with E-state index in [1.54, 1.807) is 42.5 Å². The van der Waals surface area contributed by atoms with Crippen molar-refractivity contribution in [2.45, 2.75) is 4.90 Å². The second-order valence-electron chi connectivity index (χ2n) is 5.96. The fraction of sp³-hybridized carbons (Fsp3) is 0.100. The number of ether oxygens (including phenoxy) is 1. The van der Waals surface area contributed by atoms with Crippen molar-refractivity contribution in [3.8, 4) is 5.75 Å². The van der Waals surface area contributed by atoms with E-state index in [0.29, 0.717) is 17.1 Å². The maximum Gasteiger partial charge on any atom is 0.266 e. The number of aromatic nitrogens is 1. The predicted molar refractivity (Wildman–Crippen MR) is 115 cm³/mol. The van der Waals surface area contributed by atoms with Crippen LogP contribution in [0.5, 0.6) is 5.75 Å². The Morgan fingerprint density at radius 1 is 1.14 bits per heavy atom. The van der Waals surface area contributed by atoms with Crippen molar-refractivity contribution in [2.75, 3.05) is 23.3 Å². The van der Waals surface area contributed by atoms with Gasteiger partial charge in [0.15, 0.2) is 0 Å². The SMILES string of the molecule is COc1ccc(N(CC(=O)Nc2cccc(Br)c2)S(=O)(=O)c2cccnc2)cc1. The average Bonchev–Trinajstić information content (AvgIpc) is 2.73. The predicted octanol–water partition coefficient (Wildman–Crippen LogP) is 3.69. The highest BCUT2D eigenvalue weighted by atomic mass is 79.9. The van der Waals surface area contributed by atoms with E-state index in [4.69, 9.17) is 4.74 Å². The van der Waals surface area contributed by atoms with Crippen molar-refractivity contribution in [3.05, 3.63) is 77.5 Å². The molecule has 1 aromatic heterocycles. The number of anilines is 2. The molecule has 9 heteroatoms. The van der Waals surface area contributed by atoms with E-state index in [1.165, 1.54) is 31.6 Å². The van der Waals surface area contributed by atoms with Crippen LogP contribution in [0.25, 0.3) is 0 Å². The van der Waals surface area contributed by atoms with Gasteiger partial charge in [0.25, 0.3) is 10.0 Å². The van der Waals surface area contributed by atoms with Crippen LogP contribution >= 0.6 is 15.9 Å². The molecule has 0 saturated heterocycles. The minimum absolute atomic E-state index is 0.00827. The van der Waals surface area contributed by atoms with Crippen LogP contribution in [0, 0.1) is 0 Å². The number of hydrogen-bond donors (Lipinski definition) is 1. The molecule has 1 N–H and O–H groups in total. The van der Waals surface area contributed by atoms with Gasteiger partial charge in [-0.2, -0.15) is 0 Å². The highest BCUT2D eigenvalue weighted by Gasteiger charge is 2.27. The van der Waals surface area contributed by atoms with Gasteiger partial charge >= 0.3 is 0 Å². The first kappa shape index (κ1) is 20.8. The van der Waals surface area contributed by atoms with Gasteiger partial charge < -0.3 is 10.1 Å². The molecule has 0 atom stereocenters. The highest BCUT2D eigenvalue weighted by molar-refractivity contribution is 9.10. The largest absolute Gasteiger partial charge is 0.497 e. The van der Waals surface area contributed by atoms with Crippen LogP contribution in [0.15, 0.2) is 82.4 Å². The third-order valence-corrected chi connectivity index (χ3v) is 6.23. The number of pyridine rings is 1. The molecule has 7 nitrogen and oxygen atoms in total. The lowest BCUT2D eigenvalue weighted by Gasteiger charge is -2.24. The summed E-state index contributed by atoms with van der Waals surface area (Å²) in [7, 11) is -2.49. The normalized spacial score (nSPS) is 11.0. The first-order valence-electron chi connectivity index (χ1n) is 8.52. The number of carbonyl (C=O) groups is 1. The van der Waals surface area contributed by atoms with Crippen molar-refractivity contribution >= 4 is 43.2 Å². The number of rotatable bonds is 7. The van der Waals surface area contributed by atoms with E-state index in [0.717, 1.165) is 8.78 Å². The topological polar surface area (TPSA) is 88.6 Å². The third-order valence-electron chi connectivity index (χ3n) is 3.98. The number of hydrogen-bond acceptors (Lipinski definition) is 5. The standard InChI is InChI=1S/C20H18BrN3O4S/c1-28-18-9-7-17(8-10-18)24(29(26,27)19-6-3-11-22-13-19)14-20(25)23-16-5-2-4-15(21)12-16/h2-13H,14H2,1H3,(H,23,25). The second-order valence-corrected chi connectivity index (χ2v) is 8.73. The molecule has 0 bridgehead atoms. The summed E-state index contributed by atoms with van der Waals surface area (Å²) in [4.78, 5) is 16.5. The number of halogens is 1. The summed E-state index contributed by atoms with van der Waals surface area (Å²) in [5.74, 6) is 0.0949. The summed E-state index contributed by atoms with van der Waals surface area (Å²) in [6.07, 6.45) is 2.73. The van der Waals surface area contributed by atoms with Gasteiger partial charge in [0.2, 0.25) is 5.91 Å². The maximum atomic E-state index is 13.2. The van der Waals surface area contributed by atoms with E-state index in [1.807, 2.05) is 6.07 Å². The molecule has 3 rings (SSSR count). The van der Waals surface area contributed by atoms with Gasteiger partial charge in [-0.15, -0.1) is 0 Å². The lowest BCUT2D eigenvalue weighted by Crippen LogP contribution is -2.38. The van der Waals surface area contributed by atoms with Crippen molar-refractivity contribution in [2.24, 2.45) is 0 Å². The minimum Gasteiger partial charge on any atom is -0.497 e. The van der Waals surface area contributed by atoms with E-state index >= 15 is 0 Å². The molecular weight excluding hydrogens is 458 g/mol. The van der Waals surface area contributed by atoms with E-state index in [2.05, 4.69) is 26.2 Å². The minimum atomic E-state index is -4.01. The van der Waals surface area contributed by atoms with Gasteiger partial charge in [-0.3, -0.25) is 14.1 Å². The van der Waals surface area contributed by atoms with Crippen LogP contribution in [-0.2, 0) is 14.8 Å². The lowest BCUT2D eigenvalue weighted by atomic mass is 10.3. The zero-order valence-electron chi connectivity index (χ0n) is 15.4. The zero-order valence-corrected chi connectivity index (χ0v) is 17.9. The fourth-order valence-electron chi connectivity index (χ4n) is 2.59. The highest BCUT2D eigenvalue weighted by Crippen LogP contribution is 2.25. The molecule has 0 spiro atoms. The van der Waals surface area contributed by atoms with Crippen molar-refractivity contribution < 1.29 is 17.9 Å². The number of nitrogens with one attached hydrogen (secondary N) is 1. The molecule has 150 valence electrons. The maximum absolute atomic E-state index is 13.2. The van der Waals surface area contributed by atoms with Crippen LogP contribution in [0.4, 0.5) is 11.4 Å². The molecule has 0 aliphatic heterocycles. The summed E-state index contributed by atoms with van der Waals surface area (Å²) in [5, 5.41) is 2.71. The quantitative estimate of drug-likeness (QED) is 0.562. The van der Waals surface area contributed by atoms with E-state index in [9.17, 15) is 13.2 Å². The fourth-order valence-corrected chi connectivity index (χ4v) is 4.37. The molecule has 0 radical (unpaired) electrons. The number of sulfonamides is 1. The Balaban J connectivity index is 1.93. The molecule has 0 saturated carbocycles. The van der Waals surface area contributed by atoms with Gasteiger partial charge in [-0.1, -0.05) is 22.0 Å². The summed E-state index contributed by atoms with van der Waals surface area (Å²) < 4.78 is 33.4. The Hall–Kier alpha value is -2.91. The van der Waals surface area contributed by atoms with Crippen LogP contribution in [0.1, 0.15) is 0 Å². The number of amides is 1. The first-order chi connectivity index (χ1) is 13.9. The summed E-state index contributed by atoms with van der Waals surface area (Å²) in [6.45, 7) is -0.407. The molecule has 1 amide bonds. The summed E-state index contributed by atoms with van der Waals surface area (Å²) in [5.41, 5.74) is 0.886. The number of methoxy groups -OCH3 is 1. The van der Waals surface area contributed by atoms with Crippen LogP contribution in [-0.4, -0.2) is 33.0 Å². The average molecular weight is 476 g/mol. The molecule has 0 aliphatic carbocycles. The molecule has 0 aliphatic rings. The zero-order chi connectivity index (χ0) is 20.9. The third kappa shape index (κ3) is 5.12. The number of nitrogens with zero attached hydrogens (tertiary/aromatic N) is 2. The van der Waals surface area contributed by atoms with E-state index < -0.39 is 22.5 Å². The first-order valence-corrected chi connectivity index (χ1v) is 10.8. The van der Waals surface area contributed by atoms with Gasteiger partial charge in [0, 0.05) is 22.6 Å². The van der Waals surface area contributed by atoms with Crippen molar-refractivity contribution in [3.63, 3.8) is 0 Å². The van der Waals surface area contributed by atoms with Crippen LogP contribution < -0.4 is 14.4 Å². The molecule has 29 heavy (non-hydrogen) atoms. The lowest BCUT2D eigenvalue weighted by molar-refractivity contribution is -0.114. The van der Waals surface area contributed by atoms with Crippen LogP contribution in [0.3, 0.4) is 0 Å². The molecule has 0 fully saturated rings. The number of carbonyl (C=O) groups excluding carboxylic acids is 1. The van der Waals surface area contributed by atoms with Crippen LogP contribution in [0.2, 0.25) is 0 Å².